The van der Waals surface area contributed by atoms with E-state index in [2.05, 4.69) is 10.6 Å². The molecule has 0 aliphatic carbocycles. The maximum Gasteiger partial charge on any atom is 0.416 e. The summed E-state index contributed by atoms with van der Waals surface area (Å²) >= 11 is 0. The number of hydrogen-bond acceptors (Lipinski definition) is 5. The summed E-state index contributed by atoms with van der Waals surface area (Å²) in [7, 11) is 0. The van der Waals surface area contributed by atoms with Crippen molar-refractivity contribution >= 4 is 29.1 Å². The molecular formula is C40H37F3N4O4. The minimum atomic E-state index is -4.56. The van der Waals surface area contributed by atoms with Gasteiger partial charge in [-0.2, -0.15) is 13.2 Å². The number of amides is 3. The van der Waals surface area contributed by atoms with Gasteiger partial charge in [0.05, 0.1) is 17.8 Å². The Labute approximate surface area is 294 Å². The van der Waals surface area contributed by atoms with Crippen LogP contribution in [0, 0.1) is 0 Å². The Kier molecular flexibility index (Phi) is 11.9. The summed E-state index contributed by atoms with van der Waals surface area (Å²) in [4.78, 5) is 39.8. The average molecular weight is 695 g/mol. The van der Waals surface area contributed by atoms with Crippen LogP contribution >= 0.6 is 0 Å². The lowest BCUT2D eigenvalue weighted by molar-refractivity contribution is -0.138. The molecule has 0 bridgehead atoms. The third-order valence-electron chi connectivity index (χ3n) is 7.99. The molecule has 5 aromatic carbocycles. The standard InChI is InChI=1S/C40H37F3N4O4/c1-27(48)46-33-11-7-10-31(23-33)30-18-16-28(17-19-30)26-47(36-14-4-5-15-37(36)51-34-12-6-8-29(22-34)24-44)39(50)21-20-38(49)45-25-32-9-2-3-13-35(32)40(41,42)43/h2-19,22-23H,20-21,24-26,44H2,1H3,(H,45,49)(H,46,48). The summed E-state index contributed by atoms with van der Waals surface area (Å²) in [5.41, 5.74) is 9.51. The lowest BCUT2D eigenvalue weighted by atomic mass is 10.0. The minimum absolute atomic E-state index is 0.0682. The Bertz CT molecular complexity index is 2000. The van der Waals surface area contributed by atoms with E-state index in [4.69, 9.17) is 10.5 Å². The molecule has 8 nitrogen and oxygen atoms in total. The predicted molar refractivity (Wildman–Crippen MR) is 191 cm³/mol. The zero-order chi connectivity index (χ0) is 36.4. The van der Waals surface area contributed by atoms with Gasteiger partial charge in [-0.3, -0.25) is 14.4 Å². The molecule has 0 atom stereocenters. The van der Waals surface area contributed by atoms with Crippen molar-refractivity contribution in [2.45, 2.75) is 45.6 Å². The second-order valence-corrected chi connectivity index (χ2v) is 11.8. The van der Waals surface area contributed by atoms with Crippen LogP contribution in [-0.2, 0) is 40.2 Å². The van der Waals surface area contributed by atoms with Gasteiger partial charge in [-0.25, -0.2) is 0 Å². The summed E-state index contributed by atoms with van der Waals surface area (Å²) in [6.07, 6.45) is -5.01. The molecule has 0 radical (unpaired) electrons. The summed E-state index contributed by atoms with van der Waals surface area (Å²) in [6.45, 7) is 1.57. The number of nitrogens with two attached hydrogens (primary N) is 1. The van der Waals surface area contributed by atoms with Crippen LogP contribution in [0.3, 0.4) is 0 Å². The Morgan fingerprint density at radius 1 is 0.765 bits per heavy atom. The number of hydrogen-bond donors (Lipinski definition) is 3. The molecular weight excluding hydrogens is 657 g/mol. The lowest BCUT2D eigenvalue weighted by Gasteiger charge is -2.25. The maximum absolute atomic E-state index is 13.9. The molecule has 3 amide bonds. The monoisotopic (exact) mass is 694 g/mol. The Balaban J connectivity index is 1.36. The molecule has 0 saturated heterocycles. The number of carbonyl (C=O) groups is 3. The first kappa shape index (κ1) is 36.3. The van der Waals surface area contributed by atoms with Crippen LogP contribution < -0.4 is 26.0 Å². The van der Waals surface area contributed by atoms with E-state index < -0.39 is 17.6 Å². The highest BCUT2D eigenvalue weighted by Crippen LogP contribution is 2.35. The minimum Gasteiger partial charge on any atom is -0.455 e. The first-order chi connectivity index (χ1) is 24.5. The number of rotatable bonds is 13. The Morgan fingerprint density at radius 2 is 1.49 bits per heavy atom. The summed E-state index contributed by atoms with van der Waals surface area (Å²) < 4.78 is 46.5. The topological polar surface area (TPSA) is 114 Å². The van der Waals surface area contributed by atoms with Crippen molar-refractivity contribution in [3.05, 3.63) is 144 Å². The van der Waals surface area contributed by atoms with Gasteiger partial charge in [0.25, 0.3) is 0 Å². The normalized spacial score (nSPS) is 11.1. The molecule has 0 aliphatic heterocycles. The SMILES string of the molecule is CC(=O)Nc1cccc(-c2ccc(CN(C(=O)CCC(=O)NCc3ccccc3C(F)(F)F)c3ccccc3Oc3cccc(CN)c3)cc2)c1. The molecule has 0 unspecified atom stereocenters. The van der Waals surface area contributed by atoms with Gasteiger partial charge < -0.3 is 26.0 Å². The quantitative estimate of drug-likeness (QED) is 0.115. The molecule has 0 heterocycles. The highest BCUT2D eigenvalue weighted by molar-refractivity contribution is 5.96. The Hall–Kier alpha value is -5.94. The van der Waals surface area contributed by atoms with Gasteiger partial charge in [0.15, 0.2) is 5.75 Å². The van der Waals surface area contributed by atoms with Crippen LogP contribution in [0.25, 0.3) is 11.1 Å². The molecule has 0 spiro atoms. The van der Waals surface area contributed by atoms with Gasteiger partial charge in [-0.15, -0.1) is 0 Å². The number of benzene rings is 5. The molecule has 0 aliphatic rings. The third kappa shape index (κ3) is 10.1. The number of ether oxygens (including phenoxy) is 1. The molecule has 0 saturated carbocycles. The van der Waals surface area contributed by atoms with E-state index in [0.29, 0.717) is 29.4 Å². The first-order valence-electron chi connectivity index (χ1n) is 16.2. The Morgan fingerprint density at radius 3 is 2.24 bits per heavy atom. The molecule has 262 valence electrons. The van der Waals surface area contributed by atoms with Crippen LogP contribution in [0.5, 0.6) is 11.5 Å². The number of alkyl halides is 3. The smallest absolute Gasteiger partial charge is 0.416 e. The number of anilines is 2. The third-order valence-corrected chi connectivity index (χ3v) is 7.99. The van der Waals surface area contributed by atoms with Gasteiger partial charge in [-0.05, 0) is 70.3 Å². The fraction of sp³-hybridized carbons (Fsp3) is 0.175. The zero-order valence-corrected chi connectivity index (χ0v) is 27.9. The van der Waals surface area contributed by atoms with Crippen LogP contribution in [0.2, 0.25) is 0 Å². The van der Waals surface area contributed by atoms with Crippen LogP contribution in [0.1, 0.15) is 42.0 Å². The molecule has 51 heavy (non-hydrogen) atoms. The zero-order valence-electron chi connectivity index (χ0n) is 27.9. The number of carbonyl (C=O) groups excluding carboxylic acids is 3. The lowest BCUT2D eigenvalue weighted by Crippen LogP contribution is -2.32. The number of nitrogens with one attached hydrogen (secondary N) is 2. The summed E-state index contributed by atoms with van der Waals surface area (Å²) in [6, 6.07) is 34.4. The fourth-order valence-electron chi connectivity index (χ4n) is 5.49. The van der Waals surface area contributed by atoms with E-state index in [9.17, 15) is 27.6 Å². The molecule has 11 heteroatoms. The number of halogens is 3. The maximum atomic E-state index is 13.9. The summed E-state index contributed by atoms with van der Waals surface area (Å²) in [5.74, 6) is -0.191. The number of nitrogens with zero attached hydrogens (tertiary/aromatic N) is 1. The molecule has 0 fully saturated rings. The van der Waals surface area contributed by atoms with Crippen LogP contribution in [0.15, 0.2) is 121 Å². The fourth-order valence-corrected chi connectivity index (χ4v) is 5.49. The van der Waals surface area contributed by atoms with Crippen molar-refractivity contribution in [2.75, 3.05) is 10.2 Å². The second-order valence-electron chi connectivity index (χ2n) is 11.8. The van der Waals surface area contributed by atoms with Crippen molar-refractivity contribution in [3.63, 3.8) is 0 Å². The number of para-hydroxylation sites is 2. The van der Waals surface area contributed by atoms with E-state index in [1.807, 2.05) is 60.7 Å². The summed E-state index contributed by atoms with van der Waals surface area (Å²) in [5, 5.41) is 5.30. The van der Waals surface area contributed by atoms with Gasteiger partial charge in [0.2, 0.25) is 17.7 Å². The van der Waals surface area contributed by atoms with E-state index in [-0.39, 0.29) is 43.3 Å². The van der Waals surface area contributed by atoms with E-state index >= 15 is 0 Å². The molecule has 4 N–H and O–H groups in total. The largest absolute Gasteiger partial charge is 0.455 e. The van der Waals surface area contributed by atoms with Crippen molar-refractivity contribution in [1.82, 2.24) is 5.32 Å². The molecule has 5 aromatic rings. The first-order valence-corrected chi connectivity index (χ1v) is 16.2. The highest BCUT2D eigenvalue weighted by atomic mass is 19.4. The van der Waals surface area contributed by atoms with Crippen LogP contribution in [0.4, 0.5) is 24.5 Å². The molecule has 0 aromatic heterocycles. The van der Waals surface area contributed by atoms with Crippen molar-refractivity contribution in [2.24, 2.45) is 5.73 Å². The van der Waals surface area contributed by atoms with Gasteiger partial charge >= 0.3 is 6.18 Å². The van der Waals surface area contributed by atoms with Gasteiger partial charge in [-0.1, -0.05) is 78.9 Å². The van der Waals surface area contributed by atoms with E-state index in [1.54, 1.807) is 36.4 Å². The van der Waals surface area contributed by atoms with Crippen LogP contribution in [-0.4, -0.2) is 17.7 Å². The van der Waals surface area contributed by atoms with E-state index in [1.165, 1.54) is 30.0 Å². The van der Waals surface area contributed by atoms with E-state index in [0.717, 1.165) is 28.3 Å². The molecule has 5 rings (SSSR count). The highest BCUT2D eigenvalue weighted by Gasteiger charge is 2.33. The predicted octanol–water partition coefficient (Wildman–Crippen LogP) is 8.21. The average Bonchev–Trinajstić information content (AvgIpc) is 3.12. The van der Waals surface area contributed by atoms with Gasteiger partial charge in [0.1, 0.15) is 5.75 Å². The van der Waals surface area contributed by atoms with Gasteiger partial charge in [0, 0.05) is 38.5 Å². The van der Waals surface area contributed by atoms with Crippen molar-refractivity contribution in [3.8, 4) is 22.6 Å². The van der Waals surface area contributed by atoms with Crippen molar-refractivity contribution < 1.29 is 32.3 Å². The second kappa shape index (κ2) is 16.6. The van der Waals surface area contributed by atoms with Crippen molar-refractivity contribution in [1.29, 1.82) is 0 Å².